The predicted octanol–water partition coefficient (Wildman–Crippen LogP) is 1.15. The molecular weight excluding hydrogens is 122 g/mol. The third kappa shape index (κ3) is 2.45. The van der Waals surface area contributed by atoms with Crippen molar-refractivity contribution in [1.82, 2.24) is 0 Å². The monoisotopic (exact) mass is 137 g/mol. The van der Waals surface area contributed by atoms with Crippen LogP contribution in [0.15, 0.2) is 0 Å². The molecule has 0 fully saturated rings. The Morgan fingerprint density at radius 3 is 2.12 bits per heavy atom. The zero-order valence-corrected chi connectivity index (χ0v) is 6.53. The van der Waals surface area contributed by atoms with Gasteiger partial charge in [-0.3, -0.25) is 5.14 Å². The van der Waals surface area contributed by atoms with Crippen LogP contribution in [-0.2, 0) is 0 Å². The Balaban J connectivity index is 4.51. The lowest BCUT2D eigenvalue weighted by molar-refractivity contribution is 0.629. The van der Waals surface area contributed by atoms with E-state index in [0.29, 0.717) is 5.75 Å². The molecule has 0 bridgehead atoms. The standard InChI is InChI=1S/C5H15NOS/c1-4-8(3,6,7)5-2/h4,7H,5-6H2,1-3H3. The van der Waals surface area contributed by atoms with E-state index in [2.05, 4.69) is 0 Å². The summed E-state index contributed by atoms with van der Waals surface area (Å²) in [6.07, 6.45) is 1.71. The molecule has 0 aromatic rings. The summed E-state index contributed by atoms with van der Waals surface area (Å²) in [5, 5.41) is 7.27. The van der Waals surface area contributed by atoms with E-state index in [4.69, 9.17) is 5.14 Å². The van der Waals surface area contributed by atoms with Gasteiger partial charge in [0.1, 0.15) is 0 Å². The highest BCUT2D eigenvalue weighted by atomic mass is 32.3. The molecule has 8 heavy (non-hydrogen) atoms. The van der Waals surface area contributed by atoms with Gasteiger partial charge in [-0.15, -0.1) is 9.22 Å². The highest BCUT2D eigenvalue weighted by Gasteiger charge is 2.10. The normalized spacial score (nSPS) is 16.9. The molecule has 2 nitrogen and oxygen atoms in total. The van der Waals surface area contributed by atoms with Gasteiger partial charge in [-0.25, -0.2) is 0 Å². The lowest BCUT2D eigenvalue weighted by Crippen LogP contribution is -2.20. The van der Waals surface area contributed by atoms with Gasteiger partial charge in [0.05, 0.1) is 0 Å². The summed E-state index contributed by atoms with van der Waals surface area (Å²) in [5.74, 6) is 0.647. The van der Waals surface area contributed by atoms with Crippen molar-refractivity contribution in [3.05, 3.63) is 0 Å². The second-order valence-electron chi connectivity index (χ2n) is 2.28. The molecule has 52 valence electrons. The predicted molar refractivity (Wildman–Crippen MR) is 42.6 cm³/mol. The summed E-state index contributed by atoms with van der Waals surface area (Å²) < 4.78 is 9.43. The average Bonchev–Trinajstić information content (AvgIpc) is 1.68. The molecule has 0 amide bonds. The van der Waals surface area contributed by atoms with Crippen LogP contribution in [0.5, 0.6) is 0 Å². The molecule has 0 aliphatic heterocycles. The Morgan fingerprint density at radius 1 is 1.75 bits per heavy atom. The zero-order valence-electron chi connectivity index (χ0n) is 5.72. The van der Waals surface area contributed by atoms with E-state index in [1.807, 2.05) is 6.92 Å². The Morgan fingerprint density at radius 2 is 2.12 bits per heavy atom. The van der Waals surface area contributed by atoms with Crippen LogP contribution in [0.4, 0.5) is 0 Å². The van der Waals surface area contributed by atoms with Gasteiger partial charge in [0.2, 0.25) is 0 Å². The summed E-state index contributed by atoms with van der Waals surface area (Å²) in [5.41, 5.74) is 0. The Hall–Kier alpha value is 0.140. The van der Waals surface area contributed by atoms with Gasteiger partial charge < -0.3 is 4.55 Å². The molecule has 3 N–H and O–H groups in total. The molecular formula is C5H15NOS. The van der Waals surface area contributed by atoms with E-state index in [1.54, 1.807) is 18.5 Å². The molecule has 0 atom stereocenters. The molecule has 0 unspecified atom stereocenters. The van der Waals surface area contributed by atoms with E-state index < -0.39 is 9.22 Å². The highest BCUT2D eigenvalue weighted by molar-refractivity contribution is 8.40. The molecule has 0 radical (unpaired) electrons. The van der Waals surface area contributed by atoms with E-state index in [9.17, 15) is 4.55 Å². The van der Waals surface area contributed by atoms with Gasteiger partial charge in [-0.05, 0) is 18.5 Å². The largest absolute Gasteiger partial charge is 0.345 e. The van der Waals surface area contributed by atoms with Gasteiger partial charge in [0, 0.05) is 5.75 Å². The van der Waals surface area contributed by atoms with E-state index in [1.165, 1.54) is 0 Å². The van der Waals surface area contributed by atoms with Gasteiger partial charge in [0.15, 0.2) is 0 Å². The molecule has 0 aliphatic carbocycles. The van der Waals surface area contributed by atoms with Crippen molar-refractivity contribution in [2.45, 2.75) is 13.8 Å². The summed E-state index contributed by atoms with van der Waals surface area (Å²) in [7, 11) is -2.51. The van der Waals surface area contributed by atoms with Gasteiger partial charge in [0.25, 0.3) is 0 Å². The first-order valence-electron chi connectivity index (χ1n) is 2.64. The average molecular weight is 137 g/mol. The lowest BCUT2D eigenvalue weighted by Gasteiger charge is -2.34. The first-order chi connectivity index (χ1) is 3.39. The Kier molecular flexibility index (Phi) is 1.86. The fourth-order valence-electron chi connectivity index (χ4n) is 0.167. The third-order valence-electron chi connectivity index (χ3n) is 1.39. The van der Waals surface area contributed by atoms with E-state index in [0.717, 1.165) is 0 Å². The van der Waals surface area contributed by atoms with Crippen LogP contribution in [0.25, 0.3) is 0 Å². The lowest BCUT2D eigenvalue weighted by atomic mass is 11.0. The first-order valence-corrected chi connectivity index (χ1v) is 5.34. The summed E-state index contributed by atoms with van der Waals surface area (Å²) >= 11 is 0. The molecule has 0 aromatic heterocycles. The quantitative estimate of drug-likeness (QED) is 0.532. The molecule has 0 saturated heterocycles. The SMILES string of the molecule is CC=S(C)(N)(O)CC. The maximum Gasteiger partial charge on any atom is 0.00182 e. The third-order valence-corrected chi connectivity index (χ3v) is 4.18. The molecule has 0 aliphatic rings. The van der Waals surface area contributed by atoms with Crippen LogP contribution in [0.2, 0.25) is 0 Å². The fourth-order valence-corrected chi connectivity index (χ4v) is 0.500. The van der Waals surface area contributed by atoms with Crippen molar-refractivity contribution in [2.75, 3.05) is 12.0 Å². The number of hydrogen-bond acceptors (Lipinski definition) is 2. The van der Waals surface area contributed by atoms with Crippen molar-refractivity contribution in [2.24, 2.45) is 5.14 Å². The van der Waals surface area contributed by atoms with Gasteiger partial charge in [-0.1, -0.05) is 6.92 Å². The second-order valence-corrected chi connectivity index (χ2v) is 6.83. The van der Waals surface area contributed by atoms with E-state index in [-0.39, 0.29) is 0 Å². The van der Waals surface area contributed by atoms with Crippen LogP contribution in [0, 0.1) is 0 Å². The highest BCUT2D eigenvalue weighted by Crippen LogP contribution is 2.39. The summed E-state index contributed by atoms with van der Waals surface area (Å²) in [6.45, 7) is 3.69. The van der Waals surface area contributed by atoms with Crippen LogP contribution in [0.1, 0.15) is 13.8 Å². The molecule has 0 saturated carbocycles. The molecule has 0 spiro atoms. The van der Waals surface area contributed by atoms with Crippen LogP contribution in [-0.4, -0.2) is 21.9 Å². The first kappa shape index (κ1) is 8.14. The Labute approximate surface area is 50.9 Å². The topological polar surface area (TPSA) is 46.2 Å². The molecule has 0 aromatic carbocycles. The fraction of sp³-hybridized carbons (Fsp3) is 0.800. The minimum absolute atomic E-state index is 0.647. The molecule has 3 heteroatoms. The number of rotatable bonds is 1. The van der Waals surface area contributed by atoms with Crippen LogP contribution in [0.3, 0.4) is 0 Å². The minimum Gasteiger partial charge on any atom is -0.345 e. The van der Waals surface area contributed by atoms with E-state index >= 15 is 0 Å². The van der Waals surface area contributed by atoms with Gasteiger partial charge in [-0.2, -0.15) is 0 Å². The van der Waals surface area contributed by atoms with Crippen molar-refractivity contribution in [1.29, 1.82) is 0 Å². The minimum atomic E-state index is -2.51. The van der Waals surface area contributed by atoms with Crippen molar-refractivity contribution >= 4 is 14.6 Å². The van der Waals surface area contributed by atoms with Crippen molar-refractivity contribution in [3.8, 4) is 0 Å². The second kappa shape index (κ2) is 1.83. The summed E-state index contributed by atoms with van der Waals surface area (Å²) in [6, 6.07) is 0. The summed E-state index contributed by atoms with van der Waals surface area (Å²) in [4.78, 5) is 0. The van der Waals surface area contributed by atoms with Crippen molar-refractivity contribution in [3.63, 3.8) is 0 Å². The molecule has 0 heterocycles. The maximum absolute atomic E-state index is 9.43. The Bertz CT molecular complexity index is 133. The smallest absolute Gasteiger partial charge is 0.00182 e. The number of nitrogens with two attached hydrogens (primary N) is 1. The number of hydrogen-bond donors (Lipinski definition) is 2. The molecule has 0 rings (SSSR count). The zero-order chi connectivity index (χ0) is 6.86. The van der Waals surface area contributed by atoms with Crippen LogP contribution < -0.4 is 5.14 Å². The maximum atomic E-state index is 9.43. The van der Waals surface area contributed by atoms with Gasteiger partial charge >= 0.3 is 0 Å². The van der Waals surface area contributed by atoms with Crippen LogP contribution >= 0.6 is 9.22 Å². The van der Waals surface area contributed by atoms with Crippen molar-refractivity contribution < 1.29 is 4.55 Å².